The molecule has 0 aliphatic rings. The van der Waals surface area contributed by atoms with Gasteiger partial charge in [0, 0.05) is 0 Å². The molecule has 0 saturated carbocycles. The standard InChI is InChI=1S/C14H10O3.2Na.2H/c15-13(11-7-3-1-4-8-11)17-14(16)12-9-5-2-6-10-12;;;;/h1-10H;;;;/q;2*+1;2*-1. The topological polar surface area (TPSA) is 43.4 Å². The molecule has 0 aromatic heterocycles. The zero-order chi connectivity index (χ0) is 12.1. The van der Waals surface area contributed by atoms with Gasteiger partial charge in [0.05, 0.1) is 11.1 Å². The van der Waals surface area contributed by atoms with Crippen molar-refractivity contribution in [1.82, 2.24) is 0 Å². The summed E-state index contributed by atoms with van der Waals surface area (Å²) in [5.74, 6) is -1.28. The average Bonchev–Trinajstić information content (AvgIpc) is 2.40. The van der Waals surface area contributed by atoms with Gasteiger partial charge in [0.25, 0.3) is 0 Å². The van der Waals surface area contributed by atoms with Gasteiger partial charge < -0.3 is 7.59 Å². The van der Waals surface area contributed by atoms with E-state index in [0.29, 0.717) is 11.1 Å². The molecular formula is C14H12Na2O3. The second-order valence-corrected chi connectivity index (χ2v) is 3.41. The molecule has 2 aromatic rings. The van der Waals surface area contributed by atoms with Crippen LogP contribution in [-0.4, -0.2) is 11.9 Å². The Labute approximate surface area is 158 Å². The van der Waals surface area contributed by atoms with Gasteiger partial charge in [-0.1, -0.05) is 36.4 Å². The van der Waals surface area contributed by atoms with Gasteiger partial charge in [0.1, 0.15) is 0 Å². The third-order valence-electron chi connectivity index (χ3n) is 2.20. The molecule has 2 rings (SSSR count). The zero-order valence-electron chi connectivity index (χ0n) is 13.0. The fourth-order valence-electron chi connectivity index (χ4n) is 1.35. The van der Waals surface area contributed by atoms with E-state index in [0.717, 1.165) is 0 Å². The van der Waals surface area contributed by atoms with Gasteiger partial charge in [-0.3, -0.25) is 0 Å². The number of rotatable bonds is 2. The summed E-state index contributed by atoms with van der Waals surface area (Å²) in [6.07, 6.45) is 0. The fraction of sp³-hybridized carbons (Fsp3) is 0. The molecule has 2 aromatic carbocycles. The zero-order valence-corrected chi connectivity index (χ0v) is 15.0. The van der Waals surface area contributed by atoms with Crippen molar-refractivity contribution in [2.45, 2.75) is 0 Å². The molecule has 0 atom stereocenters. The number of hydrogen-bond acceptors (Lipinski definition) is 3. The molecule has 0 radical (unpaired) electrons. The van der Waals surface area contributed by atoms with E-state index in [9.17, 15) is 9.59 Å². The molecule has 0 heterocycles. The number of benzene rings is 2. The van der Waals surface area contributed by atoms with Crippen molar-refractivity contribution < 1.29 is 76.3 Å². The van der Waals surface area contributed by atoms with Crippen molar-refractivity contribution in [1.29, 1.82) is 0 Å². The third kappa shape index (κ3) is 5.61. The van der Waals surface area contributed by atoms with Crippen molar-refractivity contribution in [3.63, 3.8) is 0 Å². The maximum absolute atomic E-state index is 11.6. The Kier molecular flexibility index (Phi) is 9.27. The van der Waals surface area contributed by atoms with Gasteiger partial charge in [-0.05, 0) is 24.3 Å². The predicted octanol–water partition coefficient (Wildman–Crippen LogP) is -3.08. The number of esters is 2. The van der Waals surface area contributed by atoms with E-state index in [1.54, 1.807) is 60.7 Å². The molecule has 88 valence electrons. The Morgan fingerprint density at radius 1 is 0.684 bits per heavy atom. The van der Waals surface area contributed by atoms with Crippen molar-refractivity contribution in [3.05, 3.63) is 71.8 Å². The fourth-order valence-corrected chi connectivity index (χ4v) is 1.35. The van der Waals surface area contributed by atoms with E-state index in [1.165, 1.54) is 0 Å². The van der Waals surface area contributed by atoms with E-state index in [4.69, 9.17) is 4.74 Å². The van der Waals surface area contributed by atoms with Gasteiger partial charge >= 0.3 is 71.1 Å². The monoisotopic (exact) mass is 274 g/mol. The van der Waals surface area contributed by atoms with Crippen LogP contribution in [0.4, 0.5) is 0 Å². The molecule has 19 heavy (non-hydrogen) atoms. The Hall–Kier alpha value is -0.420. The number of hydrogen-bond donors (Lipinski definition) is 0. The predicted molar refractivity (Wildman–Crippen MR) is 64.9 cm³/mol. The maximum atomic E-state index is 11.6. The average molecular weight is 274 g/mol. The van der Waals surface area contributed by atoms with Crippen molar-refractivity contribution in [2.24, 2.45) is 0 Å². The maximum Gasteiger partial charge on any atom is 1.00 e. The Morgan fingerprint density at radius 2 is 1.00 bits per heavy atom. The van der Waals surface area contributed by atoms with Gasteiger partial charge in [-0.15, -0.1) is 0 Å². The van der Waals surface area contributed by atoms with E-state index < -0.39 is 11.9 Å². The summed E-state index contributed by atoms with van der Waals surface area (Å²) >= 11 is 0. The number of carbonyl (C=O) groups excluding carboxylic acids is 2. The Balaban J connectivity index is -0.000000810. The van der Waals surface area contributed by atoms with Crippen LogP contribution in [0.3, 0.4) is 0 Å². The van der Waals surface area contributed by atoms with E-state index in [-0.39, 0.29) is 62.0 Å². The van der Waals surface area contributed by atoms with Crippen LogP contribution in [-0.2, 0) is 4.74 Å². The normalized spacial score (nSPS) is 8.63. The second kappa shape index (κ2) is 9.48. The SMILES string of the molecule is O=C(OC(=O)c1ccccc1)c1ccccc1.[H-].[H-].[Na+].[Na+]. The first-order valence-corrected chi connectivity index (χ1v) is 5.14. The second-order valence-electron chi connectivity index (χ2n) is 3.41. The van der Waals surface area contributed by atoms with Gasteiger partial charge in [-0.2, -0.15) is 0 Å². The van der Waals surface area contributed by atoms with Gasteiger partial charge in [0.15, 0.2) is 0 Å². The molecule has 0 amide bonds. The molecule has 0 aliphatic heterocycles. The van der Waals surface area contributed by atoms with Crippen LogP contribution < -0.4 is 59.1 Å². The molecule has 0 spiro atoms. The van der Waals surface area contributed by atoms with Crippen LogP contribution in [0.15, 0.2) is 60.7 Å². The largest absolute Gasteiger partial charge is 1.00 e. The van der Waals surface area contributed by atoms with Crippen LogP contribution in [0.5, 0.6) is 0 Å². The Bertz CT molecular complexity index is 487. The summed E-state index contributed by atoms with van der Waals surface area (Å²) in [5, 5.41) is 0. The molecule has 0 aliphatic carbocycles. The van der Waals surface area contributed by atoms with Crippen LogP contribution >= 0.6 is 0 Å². The molecule has 5 heteroatoms. The molecule has 0 saturated heterocycles. The molecule has 0 unspecified atom stereocenters. The minimum Gasteiger partial charge on any atom is -1.00 e. The first-order valence-electron chi connectivity index (χ1n) is 5.14. The summed E-state index contributed by atoms with van der Waals surface area (Å²) in [7, 11) is 0. The van der Waals surface area contributed by atoms with Crippen LogP contribution in [0, 0.1) is 0 Å². The summed E-state index contributed by atoms with van der Waals surface area (Å²) in [4.78, 5) is 23.2. The van der Waals surface area contributed by atoms with Crippen molar-refractivity contribution >= 4 is 11.9 Å². The molecule has 0 fully saturated rings. The quantitative estimate of drug-likeness (QED) is 0.331. The van der Waals surface area contributed by atoms with Gasteiger partial charge in [0.2, 0.25) is 0 Å². The third-order valence-corrected chi connectivity index (χ3v) is 2.20. The minimum absolute atomic E-state index is 0. The van der Waals surface area contributed by atoms with Gasteiger partial charge in [-0.25, -0.2) is 9.59 Å². The summed E-state index contributed by atoms with van der Waals surface area (Å²) in [6, 6.07) is 16.8. The summed E-state index contributed by atoms with van der Waals surface area (Å²) in [6.45, 7) is 0. The summed E-state index contributed by atoms with van der Waals surface area (Å²) in [5.41, 5.74) is 0.716. The number of ether oxygens (including phenoxy) is 1. The van der Waals surface area contributed by atoms with E-state index >= 15 is 0 Å². The molecular weight excluding hydrogens is 262 g/mol. The number of carbonyl (C=O) groups is 2. The Morgan fingerprint density at radius 3 is 1.32 bits per heavy atom. The smallest absolute Gasteiger partial charge is 1.00 e. The molecule has 0 N–H and O–H groups in total. The van der Waals surface area contributed by atoms with Crippen LogP contribution in [0.2, 0.25) is 0 Å². The van der Waals surface area contributed by atoms with E-state index in [1.807, 2.05) is 0 Å². The van der Waals surface area contributed by atoms with Crippen molar-refractivity contribution in [3.8, 4) is 0 Å². The molecule has 3 nitrogen and oxygen atoms in total. The van der Waals surface area contributed by atoms with Crippen molar-refractivity contribution in [2.75, 3.05) is 0 Å². The molecule has 0 bridgehead atoms. The minimum atomic E-state index is -0.639. The van der Waals surface area contributed by atoms with E-state index in [2.05, 4.69) is 0 Å². The van der Waals surface area contributed by atoms with Crippen LogP contribution in [0.25, 0.3) is 0 Å². The first-order chi connectivity index (χ1) is 8.27. The summed E-state index contributed by atoms with van der Waals surface area (Å²) < 4.78 is 4.74. The van der Waals surface area contributed by atoms with Crippen LogP contribution in [0.1, 0.15) is 23.6 Å². The first kappa shape index (κ1) is 18.6.